The van der Waals surface area contributed by atoms with Gasteiger partial charge < -0.3 is 16.0 Å². The molecule has 5 heteroatoms. The number of hydrogen-bond acceptors (Lipinski definition) is 3. The molecule has 1 aromatic carbocycles. The molecule has 3 N–H and O–H groups in total. The van der Waals surface area contributed by atoms with Crippen LogP contribution in [-0.4, -0.2) is 42.4 Å². The van der Waals surface area contributed by atoms with Gasteiger partial charge in [-0.15, -0.1) is 0 Å². The van der Waals surface area contributed by atoms with E-state index in [1.165, 1.54) is 0 Å². The third-order valence-electron chi connectivity index (χ3n) is 4.42. The highest BCUT2D eigenvalue weighted by Crippen LogP contribution is 2.23. The van der Waals surface area contributed by atoms with Gasteiger partial charge in [-0.2, -0.15) is 0 Å². The van der Waals surface area contributed by atoms with Crippen molar-refractivity contribution >= 4 is 11.8 Å². The molecule has 1 aromatic rings. The molecule has 126 valence electrons. The van der Waals surface area contributed by atoms with E-state index in [-0.39, 0.29) is 17.9 Å². The maximum absolute atomic E-state index is 12.8. The number of piperidine rings is 1. The van der Waals surface area contributed by atoms with E-state index in [0.717, 1.165) is 25.8 Å². The summed E-state index contributed by atoms with van der Waals surface area (Å²) < 4.78 is 0. The molecule has 2 atom stereocenters. The summed E-state index contributed by atoms with van der Waals surface area (Å²) in [6.07, 6.45) is 2.83. The molecule has 2 unspecified atom stereocenters. The Morgan fingerprint density at radius 1 is 1.35 bits per heavy atom. The lowest BCUT2D eigenvalue weighted by molar-refractivity contribution is 0.0573. The third kappa shape index (κ3) is 4.32. The van der Waals surface area contributed by atoms with E-state index >= 15 is 0 Å². The second-order valence-corrected chi connectivity index (χ2v) is 6.35. The molecule has 0 aromatic heterocycles. The SMILES string of the molecule is CCCNC(=O)c1cccc(C(=O)N2CCC(C)CC2CN)c1. The minimum atomic E-state index is -0.135. The Balaban J connectivity index is 2.14. The predicted octanol–water partition coefficient (Wildman–Crippen LogP) is 2.03. The van der Waals surface area contributed by atoms with Crippen LogP contribution in [0.3, 0.4) is 0 Å². The fourth-order valence-electron chi connectivity index (χ4n) is 3.04. The van der Waals surface area contributed by atoms with E-state index in [4.69, 9.17) is 5.73 Å². The van der Waals surface area contributed by atoms with Crippen LogP contribution >= 0.6 is 0 Å². The number of nitrogens with two attached hydrogens (primary N) is 1. The van der Waals surface area contributed by atoms with E-state index in [0.29, 0.717) is 30.1 Å². The Bertz CT molecular complexity index is 559. The van der Waals surface area contributed by atoms with Gasteiger partial charge in [-0.3, -0.25) is 9.59 Å². The molecule has 1 fully saturated rings. The lowest BCUT2D eigenvalue weighted by Crippen LogP contribution is -2.49. The Morgan fingerprint density at radius 3 is 2.78 bits per heavy atom. The highest BCUT2D eigenvalue weighted by atomic mass is 16.2. The summed E-state index contributed by atoms with van der Waals surface area (Å²) in [5.74, 6) is 0.431. The molecule has 0 aliphatic carbocycles. The first-order chi connectivity index (χ1) is 11.1. The van der Waals surface area contributed by atoms with Crippen molar-refractivity contribution in [1.29, 1.82) is 0 Å². The van der Waals surface area contributed by atoms with E-state index < -0.39 is 0 Å². The summed E-state index contributed by atoms with van der Waals surface area (Å²) in [6.45, 7) is 6.05. The van der Waals surface area contributed by atoms with Crippen LogP contribution in [0.15, 0.2) is 24.3 Å². The van der Waals surface area contributed by atoms with Gasteiger partial charge in [-0.1, -0.05) is 19.9 Å². The number of benzene rings is 1. The molecule has 0 saturated carbocycles. The van der Waals surface area contributed by atoms with Crippen LogP contribution < -0.4 is 11.1 Å². The van der Waals surface area contributed by atoms with Crippen LogP contribution in [0.4, 0.5) is 0 Å². The molecule has 23 heavy (non-hydrogen) atoms. The van der Waals surface area contributed by atoms with Crippen molar-refractivity contribution in [3.05, 3.63) is 35.4 Å². The maximum Gasteiger partial charge on any atom is 0.254 e. The van der Waals surface area contributed by atoms with Crippen molar-refractivity contribution in [2.75, 3.05) is 19.6 Å². The Morgan fingerprint density at radius 2 is 2.09 bits per heavy atom. The number of hydrogen-bond donors (Lipinski definition) is 2. The molecular formula is C18H27N3O2. The minimum absolute atomic E-state index is 0.0301. The van der Waals surface area contributed by atoms with Gasteiger partial charge in [0.1, 0.15) is 0 Å². The summed E-state index contributed by atoms with van der Waals surface area (Å²) in [5, 5.41) is 2.84. The normalized spacial score (nSPS) is 21.1. The molecular weight excluding hydrogens is 290 g/mol. The summed E-state index contributed by atoms with van der Waals surface area (Å²) in [6, 6.07) is 7.03. The summed E-state index contributed by atoms with van der Waals surface area (Å²) >= 11 is 0. The average Bonchev–Trinajstić information content (AvgIpc) is 2.59. The first-order valence-corrected chi connectivity index (χ1v) is 8.46. The van der Waals surface area contributed by atoms with Gasteiger partial charge in [-0.05, 0) is 43.4 Å². The van der Waals surface area contributed by atoms with Crippen LogP contribution in [-0.2, 0) is 0 Å². The largest absolute Gasteiger partial charge is 0.352 e. The number of carbonyl (C=O) groups is 2. The number of nitrogens with one attached hydrogen (secondary N) is 1. The number of amides is 2. The van der Waals surface area contributed by atoms with Gasteiger partial charge in [0.2, 0.25) is 0 Å². The van der Waals surface area contributed by atoms with E-state index in [9.17, 15) is 9.59 Å². The number of nitrogens with zero attached hydrogens (tertiary/aromatic N) is 1. The van der Waals surface area contributed by atoms with Crippen molar-refractivity contribution in [2.24, 2.45) is 11.7 Å². The second-order valence-electron chi connectivity index (χ2n) is 6.35. The van der Waals surface area contributed by atoms with Crippen LogP contribution in [0.5, 0.6) is 0 Å². The number of likely N-dealkylation sites (tertiary alicyclic amines) is 1. The van der Waals surface area contributed by atoms with Crippen molar-refractivity contribution < 1.29 is 9.59 Å². The predicted molar refractivity (Wildman–Crippen MR) is 91.3 cm³/mol. The molecule has 1 saturated heterocycles. The van der Waals surface area contributed by atoms with Gasteiger partial charge in [0.25, 0.3) is 11.8 Å². The van der Waals surface area contributed by atoms with Gasteiger partial charge in [0.15, 0.2) is 0 Å². The Hall–Kier alpha value is -1.88. The van der Waals surface area contributed by atoms with E-state index in [2.05, 4.69) is 12.2 Å². The minimum Gasteiger partial charge on any atom is -0.352 e. The highest BCUT2D eigenvalue weighted by Gasteiger charge is 2.29. The van der Waals surface area contributed by atoms with E-state index in [1.54, 1.807) is 24.3 Å². The molecule has 5 nitrogen and oxygen atoms in total. The fraction of sp³-hybridized carbons (Fsp3) is 0.556. The zero-order chi connectivity index (χ0) is 16.8. The summed E-state index contributed by atoms with van der Waals surface area (Å²) in [7, 11) is 0. The van der Waals surface area contributed by atoms with Crippen LogP contribution in [0, 0.1) is 5.92 Å². The Kier molecular flexibility index (Phi) is 6.16. The molecule has 1 heterocycles. The summed E-state index contributed by atoms with van der Waals surface area (Å²) in [5.41, 5.74) is 6.93. The zero-order valence-corrected chi connectivity index (χ0v) is 14.0. The standard InChI is InChI=1S/C18H27N3O2/c1-3-8-20-17(22)14-5-4-6-15(11-14)18(23)21-9-7-13(2)10-16(21)12-19/h4-6,11,13,16H,3,7-10,12,19H2,1-2H3,(H,20,22). The average molecular weight is 317 g/mol. The molecule has 0 spiro atoms. The number of carbonyl (C=O) groups excluding carboxylic acids is 2. The van der Waals surface area contributed by atoms with E-state index in [1.807, 2.05) is 11.8 Å². The van der Waals surface area contributed by atoms with Gasteiger partial charge in [0.05, 0.1) is 0 Å². The smallest absolute Gasteiger partial charge is 0.254 e. The summed E-state index contributed by atoms with van der Waals surface area (Å²) in [4.78, 5) is 26.7. The van der Waals surface area contributed by atoms with Gasteiger partial charge in [-0.25, -0.2) is 0 Å². The first-order valence-electron chi connectivity index (χ1n) is 8.46. The fourth-order valence-corrected chi connectivity index (χ4v) is 3.04. The molecule has 1 aliphatic rings. The van der Waals surface area contributed by atoms with Crippen LogP contribution in [0.25, 0.3) is 0 Å². The maximum atomic E-state index is 12.8. The lowest BCUT2D eigenvalue weighted by Gasteiger charge is -2.38. The number of rotatable bonds is 5. The molecule has 2 amide bonds. The lowest BCUT2D eigenvalue weighted by atomic mass is 9.91. The van der Waals surface area contributed by atoms with Crippen molar-refractivity contribution in [1.82, 2.24) is 10.2 Å². The molecule has 2 rings (SSSR count). The van der Waals surface area contributed by atoms with Gasteiger partial charge in [0, 0.05) is 36.8 Å². The molecule has 0 bridgehead atoms. The second kappa shape index (κ2) is 8.11. The third-order valence-corrected chi connectivity index (χ3v) is 4.42. The highest BCUT2D eigenvalue weighted by molar-refractivity contribution is 5.99. The first kappa shape index (κ1) is 17.5. The van der Waals surface area contributed by atoms with Crippen molar-refractivity contribution in [3.8, 4) is 0 Å². The molecule has 1 aliphatic heterocycles. The van der Waals surface area contributed by atoms with Gasteiger partial charge >= 0.3 is 0 Å². The Labute approximate surface area is 138 Å². The van der Waals surface area contributed by atoms with Crippen molar-refractivity contribution in [2.45, 2.75) is 39.2 Å². The molecule has 0 radical (unpaired) electrons. The van der Waals surface area contributed by atoms with Crippen LogP contribution in [0.1, 0.15) is 53.8 Å². The van der Waals surface area contributed by atoms with Crippen molar-refractivity contribution in [3.63, 3.8) is 0 Å². The topological polar surface area (TPSA) is 75.4 Å². The quantitative estimate of drug-likeness (QED) is 0.872. The van der Waals surface area contributed by atoms with Crippen LogP contribution in [0.2, 0.25) is 0 Å². The monoisotopic (exact) mass is 317 g/mol. The zero-order valence-electron chi connectivity index (χ0n) is 14.0.